The molecule has 53 heavy (non-hydrogen) atoms. The van der Waals surface area contributed by atoms with Crippen LogP contribution in [0.15, 0.2) is 107 Å². The number of likely N-dealkylation sites (tertiary alicyclic amines) is 1. The number of carbonyl (C=O) groups excluding carboxylic acids is 1. The largest absolute Gasteiger partial charge is 0.416 e. The Kier molecular flexibility index (Phi) is 7.11. The van der Waals surface area contributed by atoms with Crippen LogP contribution >= 0.6 is 11.8 Å². The molecule has 4 aromatic carbocycles. The van der Waals surface area contributed by atoms with Gasteiger partial charge in [-0.05, 0) is 66.7 Å². The minimum Gasteiger partial charge on any atom is -0.383 e. The number of halogens is 5. The highest BCUT2D eigenvalue weighted by atomic mass is 32.2. The van der Waals surface area contributed by atoms with E-state index in [4.69, 9.17) is 13.7 Å². The first-order valence-electron chi connectivity index (χ1n) is 23.6. The fourth-order valence-corrected chi connectivity index (χ4v) is 6.16. The molecule has 1 atom stereocenters. The standard InChI is InChI=1S/C41H40F5N3O3S/c1-27(28-10-12-29(13-11-28)30-14-16-32(17-15-30)41(44,45)46)49(33-18-20-47(21-19-33)22-23-52-2)38(51)25-48-36-9-4-3-7-34(36)37(50)24-39(48)53-26-31-6-5-8-35(42)40(31)43/h3-17,24,27,33H,18-23,25-26H2,1-2H3/i18D2,19D2,20D2,21D2,22D2,23D2,26D2,27D,33D. The van der Waals surface area contributed by atoms with Gasteiger partial charge in [-0.15, -0.1) is 11.8 Å². The molecule has 6 rings (SSSR count). The quantitative estimate of drug-likeness (QED) is 0.0939. The number of para-hydroxylation sites is 1. The second-order valence-corrected chi connectivity index (χ2v) is 12.1. The zero-order valence-corrected chi connectivity index (χ0v) is 28.6. The van der Waals surface area contributed by atoms with Crippen molar-refractivity contribution in [2.45, 2.75) is 55.2 Å². The number of nitrogens with zero attached hydrogens (tertiary/aromatic N) is 3. The summed E-state index contributed by atoms with van der Waals surface area (Å²) < 4.78 is 219. The van der Waals surface area contributed by atoms with Crippen LogP contribution in [0.4, 0.5) is 22.0 Å². The molecule has 1 unspecified atom stereocenters. The Morgan fingerprint density at radius 1 is 1.02 bits per heavy atom. The Hall–Kier alpha value is -4.52. The van der Waals surface area contributed by atoms with Crippen molar-refractivity contribution in [1.82, 2.24) is 14.4 Å². The van der Waals surface area contributed by atoms with Crippen LogP contribution in [-0.4, -0.2) is 59.5 Å². The summed E-state index contributed by atoms with van der Waals surface area (Å²) >= 11 is 0.0768. The topological polar surface area (TPSA) is 54.8 Å². The average Bonchev–Trinajstić information content (AvgIpc) is 3.24. The number of fused-ring (bicyclic) bond motifs is 1. The lowest BCUT2D eigenvalue weighted by atomic mass is 9.96. The van der Waals surface area contributed by atoms with Crippen molar-refractivity contribution >= 4 is 28.6 Å². The van der Waals surface area contributed by atoms with Crippen molar-refractivity contribution in [3.8, 4) is 11.1 Å². The van der Waals surface area contributed by atoms with Gasteiger partial charge in [0.2, 0.25) is 5.91 Å². The van der Waals surface area contributed by atoms with Gasteiger partial charge in [-0.25, -0.2) is 8.78 Å². The van der Waals surface area contributed by atoms with Gasteiger partial charge in [-0.1, -0.05) is 60.7 Å². The molecule has 5 aromatic rings. The van der Waals surface area contributed by atoms with Gasteiger partial charge >= 0.3 is 6.18 Å². The number of pyridine rings is 1. The van der Waals surface area contributed by atoms with Crippen LogP contribution in [0.25, 0.3) is 22.0 Å². The summed E-state index contributed by atoms with van der Waals surface area (Å²) in [5, 5.41) is -0.679. The highest BCUT2D eigenvalue weighted by Crippen LogP contribution is 2.34. The molecule has 1 fully saturated rings. The minimum absolute atomic E-state index is 0.0768. The SMILES string of the molecule is [2H]C([2H])(Sc1cc(=O)c2ccccc2n1CC(=O)N(C([2H])(C)c1ccc(-c2ccc(C(F)(F)F)cc2)cc1)C1([2H])C([2H])([2H])C([2H])([2H])N(C([2H])([2H])C([2H])([2H])OC)C([2H])([2H])C1([2H])[2H])c1cccc(F)c1F. The fourth-order valence-electron chi connectivity index (χ4n) is 5.35. The molecule has 0 spiro atoms. The van der Waals surface area contributed by atoms with Gasteiger partial charge in [0.25, 0.3) is 0 Å². The van der Waals surface area contributed by atoms with E-state index in [1.807, 2.05) is 0 Å². The number of carbonyl (C=O) groups is 1. The monoisotopic (exact) mass is 765 g/mol. The van der Waals surface area contributed by atoms with E-state index in [1.165, 1.54) is 36.4 Å². The molecule has 0 aliphatic carbocycles. The second-order valence-electron chi connectivity index (χ2n) is 11.3. The Bertz CT molecular complexity index is 2820. The van der Waals surface area contributed by atoms with E-state index < -0.39 is 119 Å². The molecule has 0 bridgehead atoms. The van der Waals surface area contributed by atoms with Gasteiger partial charge in [0.1, 0.15) is 6.54 Å². The maximum absolute atomic E-state index is 15.5. The fraction of sp³-hybridized carbons (Fsp3) is 0.317. The van der Waals surface area contributed by atoms with E-state index in [-0.39, 0.29) is 38.7 Å². The molecule has 6 nitrogen and oxygen atoms in total. The number of benzene rings is 4. The lowest BCUT2D eigenvalue weighted by Gasteiger charge is -2.42. The third-order valence-corrected chi connectivity index (χ3v) is 8.85. The summed E-state index contributed by atoms with van der Waals surface area (Å²) in [5.74, 6) is -4.78. The van der Waals surface area contributed by atoms with E-state index in [2.05, 4.69) is 4.74 Å². The number of hydrogen-bond acceptors (Lipinski definition) is 5. The van der Waals surface area contributed by atoms with Crippen LogP contribution < -0.4 is 5.43 Å². The predicted octanol–water partition coefficient (Wildman–Crippen LogP) is 8.96. The Morgan fingerprint density at radius 2 is 1.68 bits per heavy atom. The normalized spacial score (nSPS) is 25.0. The summed E-state index contributed by atoms with van der Waals surface area (Å²) in [6.07, 6.45) is -13.5. The van der Waals surface area contributed by atoms with Gasteiger partial charge in [0.05, 0.1) is 34.2 Å². The Balaban J connectivity index is 1.62. The molecule has 2 heterocycles. The zero-order valence-electron chi connectivity index (χ0n) is 43.8. The van der Waals surface area contributed by atoms with E-state index in [0.717, 1.165) is 66.1 Å². The van der Waals surface area contributed by atoms with E-state index in [9.17, 15) is 30.6 Å². The lowest BCUT2D eigenvalue weighted by Crippen LogP contribution is -2.49. The van der Waals surface area contributed by atoms with Crippen LogP contribution in [0.2, 0.25) is 0 Å². The number of alkyl halides is 3. The summed E-state index contributed by atoms with van der Waals surface area (Å²) in [4.78, 5) is 28.1. The molecule has 1 aliphatic rings. The number of hydrogen-bond donors (Lipinski definition) is 0. The van der Waals surface area contributed by atoms with Crippen LogP contribution in [-0.2, 0) is 28.0 Å². The van der Waals surface area contributed by atoms with Crippen LogP contribution in [0.5, 0.6) is 0 Å². The highest BCUT2D eigenvalue weighted by molar-refractivity contribution is 7.98. The van der Waals surface area contributed by atoms with Crippen molar-refractivity contribution in [1.29, 1.82) is 0 Å². The number of rotatable bonds is 12. The molecule has 0 saturated carbocycles. The van der Waals surface area contributed by atoms with Gasteiger partial charge in [-0.2, -0.15) is 13.2 Å². The Morgan fingerprint density at radius 3 is 2.34 bits per heavy atom. The molecule has 1 aliphatic heterocycles. The van der Waals surface area contributed by atoms with Crippen molar-refractivity contribution < 1.29 is 53.4 Å². The van der Waals surface area contributed by atoms with Gasteiger partial charge in [0, 0.05) is 71.8 Å². The third kappa shape index (κ3) is 8.83. The van der Waals surface area contributed by atoms with E-state index >= 15 is 9.18 Å². The summed E-state index contributed by atoms with van der Waals surface area (Å²) in [6, 6.07) is 9.67. The second kappa shape index (κ2) is 16.7. The molecule has 1 amide bonds. The molecule has 1 aromatic heterocycles. The first-order chi connectivity index (χ1) is 31.4. The molecule has 1 saturated heterocycles. The highest BCUT2D eigenvalue weighted by Gasteiger charge is 2.33. The van der Waals surface area contributed by atoms with Gasteiger partial charge in [-0.3, -0.25) is 9.59 Å². The molecule has 0 N–H and O–H groups in total. The van der Waals surface area contributed by atoms with Gasteiger partial charge < -0.3 is 19.1 Å². The molecular weight excluding hydrogens is 710 g/mol. The minimum atomic E-state index is -4.68. The first kappa shape index (κ1) is 22.6. The summed E-state index contributed by atoms with van der Waals surface area (Å²) in [6.45, 7) is -17.1. The number of methoxy groups -OCH3 is 1. The lowest BCUT2D eigenvalue weighted by molar-refractivity contribution is -0.138. The summed E-state index contributed by atoms with van der Waals surface area (Å²) in [7, 11) is 0.604. The number of amides is 1. The first-order valence-corrected chi connectivity index (χ1v) is 16.4. The van der Waals surface area contributed by atoms with E-state index in [0.29, 0.717) is 13.2 Å². The molecule has 12 heteroatoms. The van der Waals surface area contributed by atoms with Crippen LogP contribution in [0, 0.1) is 11.6 Å². The molecule has 278 valence electrons. The number of thioether (sulfide) groups is 1. The average molecular weight is 766 g/mol. The van der Waals surface area contributed by atoms with Crippen molar-refractivity contribution in [2.24, 2.45) is 0 Å². The maximum Gasteiger partial charge on any atom is 0.416 e. The zero-order chi connectivity index (χ0) is 52.1. The summed E-state index contributed by atoms with van der Waals surface area (Å²) in [5.41, 5.74) is -5.83. The smallest absolute Gasteiger partial charge is 0.383 e. The van der Waals surface area contributed by atoms with Crippen molar-refractivity contribution in [2.75, 3.05) is 33.2 Å². The number of piperidine rings is 1. The maximum atomic E-state index is 15.5. The van der Waals surface area contributed by atoms with Gasteiger partial charge in [0.15, 0.2) is 17.1 Å². The van der Waals surface area contributed by atoms with Crippen LogP contribution in [0.3, 0.4) is 0 Å². The Labute approximate surface area is 331 Å². The molecule has 0 radical (unpaired) electrons. The predicted molar refractivity (Wildman–Crippen MR) is 198 cm³/mol. The number of aromatic nitrogens is 1. The third-order valence-electron chi connectivity index (χ3n) is 7.98. The van der Waals surface area contributed by atoms with Crippen molar-refractivity contribution in [3.63, 3.8) is 0 Å². The van der Waals surface area contributed by atoms with Crippen molar-refractivity contribution in [3.05, 3.63) is 136 Å². The van der Waals surface area contributed by atoms with Crippen LogP contribution in [0.1, 0.15) is 64.3 Å². The molecular formula is C41H40F5N3O3S. The van der Waals surface area contributed by atoms with E-state index in [1.54, 1.807) is 0 Å². The number of ether oxygens (including phenoxy) is 1.